The predicted molar refractivity (Wildman–Crippen MR) is 102 cm³/mol. The Bertz CT molecular complexity index is 1120. The molecule has 0 aliphatic heterocycles. The van der Waals surface area contributed by atoms with Gasteiger partial charge in [-0.1, -0.05) is 12.1 Å². The molecule has 1 amide bonds. The van der Waals surface area contributed by atoms with E-state index >= 15 is 0 Å². The number of carbonyl (C=O) groups excluding carboxylic acids is 1. The lowest BCUT2D eigenvalue weighted by Gasteiger charge is -2.09. The second kappa shape index (κ2) is 8.00. The Hall–Kier alpha value is -4.54. The fourth-order valence-corrected chi connectivity index (χ4v) is 2.58. The predicted octanol–water partition coefficient (Wildman–Crippen LogP) is 2.76. The Morgan fingerprint density at radius 1 is 1.07 bits per heavy atom. The van der Waals surface area contributed by atoms with Crippen molar-refractivity contribution in [2.45, 2.75) is 0 Å². The number of nitro groups is 2. The van der Waals surface area contributed by atoms with Crippen molar-refractivity contribution in [1.29, 1.82) is 0 Å². The van der Waals surface area contributed by atoms with Gasteiger partial charge in [0, 0.05) is 18.5 Å². The molecule has 29 heavy (non-hydrogen) atoms. The Morgan fingerprint density at radius 2 is 1.76 bits per heavy atom. The number of phenolic OH excluding ortho intramolecular Hbond substituents is 1. The summed E-state index contributed by atoms with van der Waals surface area (Å²) in [7, 11) is 0. The Labute approximate surface area is 162 Å². The SMILES string of the molecule is O=C(NN=Cc1cc([N+](=O)[O-])cc([N+](=O)[O-])c1O)c1ccccc1-n1cccc1. The zero-order valence-corrected chi connectivity index (χ0v) is 14.6. The largest absolute Gasteiger partial charge is 0.502 e. The van der Waals surface area contributed by atoms with Crippen LogP contribution in [0.25, 0.3) is 5.69 Å². The number of rotatable bonds is 6. The molecule has 0 unspecified atom stereocenters. The lowest BCUT2D eigenvalue weighted by atomic mass is 10.1. The van der Waals surface area contributed by atoms with E-state index in [1.165, 1.54) is 0 Å². The topological polar surface area (TPSA) is 153 Å². The summed E-state index contributed by atoms with van der Waals surface area (Å²) in [4.78, 5) is 32.6. The summed E-state index contributed by atoms with van der Waals surface area (Å²) in [6, 6.07) is 11.9. The molecule has 0 radical (unpaired) electrons. The van der Waals surface area contributed by atoms with E-state index in [0.29, 0.717) is 17.3 Å². The van der Waals surface area contributed by atoms with Crippen molar-refractivity contribution in [2.24, 2.45) is 5.10 Å². The highest BCUT2D eigenvalue weighted by atomic mass is 16.6. The Morgan fingerprint density at radius 3 is 2.41 bits per heavy atom. The smallest absolute Gasteiger partial charge is 0.318 e. The maximum Gasteiger partial charge on any atom is 0.318 e. The van der Waals surface area contributed by atoms with Gasteiger partial charge < -0.3 is 9.67 Å². The molecule has 0 atom stereocenters. The highest BCUT2D eigenvalue weighted by Gasteiger charge is 2.23. The lowest BCUT2D eigenvalue weighted by Crippen LogP contribution is -2.19. The van der Waals surface area contributed by atoms with Gasteiger partial charge in [0.25, 0.3) is 11.6 Å². The summed E-state index contributed by atoms with van der Waals surface area (Å²) in [5, 5.41) is 35.5. The van der Waals surface area contributed by atoms with Gasteiger partial charge in [-0.15, -0.1) is 0 Å². The van der Waals surface area contributed by atoms with E-state index < -0.39 is 32.9 Å². The number of amides is 1. The summed E-state index contributed by atoms with van der Waals surface area (Å²) in [5.41, 5.74) is 1.41. The van der Waals surface area contributed by atoms with Gasteiger partial charge >= 0.3 is 5.69 Å². The van der Waals surface area contributed by atoms with E-state index in [0.717, 1.165) is 12.3 Å². The molecule has 1 aromatic heterocycles. The number of aromatic nitrogens is 1. The van der Waals surface area contributed by atoms with Crippen molar-refractivity contribution in [2.75, 3.05) is 0 Å². The average Bonchev–Trinajstić information content (AvgIpc) is 3.23. The monoisotopic (exact) mass is 395 g/mol. The summed E-state index contributed by atoms with van der Waals surface area (Å²) < 4.78 is 1.73. The molecule has 146 valence electrons. The number of carbonyl (C=O) groups is 1. The molecular weight excluding hydrogens is 382 g/mol. The third-order valence-corrected chi connectivity index (χ3v) is 3.91. The van der Waals surface area contributed by atoms with Crippen molar-refractivity contribution < 1.29 is 19.7 Å². The van der Waals surface area contributed by atoms with Gasteiger partial charge in [-0.25, -0.2) is 5.43 Å². The van der Waals surface area contributed by atoms with Crippen LogP contribution >= 0.6 is 0 Å². The number of nitrogens with one attached hydrogen (secondary N) is 1. The van der Waals surface area contributed by atoms with Gasteiger partial charge in [0.1, 0.15) is 0 Å². The first kappa shape index (κ1) is 19.2. The van der Waals surface area contributed by atoms with Crippen molar-refractivity contribution in [1.82, 2.24) is 9.99 Å². The molecule has 0 saturated heterocycles. The van der Waals surface area contributed by atoms with Gasteiger partial charge in [-0.3, -0.25) is 25.0 Å². The minimum atomic E-state index is -0.953. The maximum absolute atomic E-state index is 12.5. The third kappa shape index (κ3) is 4.08. The van der Waals surface area contributed by atoms with Crippen LogP contribution in [0.5, 0.6) is 5.75 Å². The van der Waals surface area contributed by atoms with Crippen LogP contribution in [0.4, 0.5) is 11.4 Å². The van der Waals surface area contributed by atoms with Gasteiger partial charge in [0.05, 0.1) is 38.9 Å². The average molecular weight is 395 g/mol. The van der Waals surface area contributed by atoms with Crippen molar-refractivity contribution in [3.63, 3.8) is 0 Å². The minimum absolute atomic E-state index is 0.287. The molecule has 0 spiro atoms. The van der Waals surface area contributed by atoms with E-state index in [1.807, 2.05) is 0 Å². The molecular formula is C18H13N5O6. The van der Waals surface area contributed by atoms with Gasteiger partial charge in [0.15, 0.2) is 0 Å². The molecule has 11 heteroatoms. The molecule has 3 rings (SSSR count). The number of hydrogen-bond donors (Lipinski definition) is 2. The first-order valence-corrected chi connectivity index (χ1v) is 8.10. The Balaban J connectivity index is 1.87. The highest BCUT2D eigenvalue weighted by Crippen LogP contribution is 2.33. The summed E-state index contributed by atoms with van der Waals surface area (Å²) >= 11 is 0. The number of hydrogen-bond acceptors (Lipinski definition) is 7. The summed E-state index contributed by atoms with van der Waals surface area (Å²) in [5.74, 6) is -1.38. The molecule has 1 heterocycles. The molecule has 0 aliphatic rings. The van der Waals surface area contributed by atoms with Crippen LogP contribution in [0.2, 0.25) is 0 Å². The Kier molecular flexibility index (Phi) is 5.30. The van der Waals surface area contributed by atoms with E-state index in [1.54, 1.807) is 53.4 Å². The fourth-order valence-electron chi connectivity index (χ4n) is 2.58. The lowest BCUT2D eigenvalue weighted by molar-refractivity contribution is -0.394. The van der Waals surface area contributed by atoms with E-state index in [4.69, 9.17) is 0 Å². The van der Waals surface area contributed by atoms with Crippen LogP contribution in [0, 0.1) is 20.2 Å². The second-order valence-corrected chi connectivity index (χ2v) is 5.72. The van der Waals surface area contributed by atoms with Crippen LogP contribution in [0.15, 0.2) is 66.0 Å². The zero-order valence-electron chi connectivity index (χ0n) is 14.6. The van der Waals surface area contributed by atoms with Gasteiger partial charge in [0.2, 0.25) is 5.75 Å². The van der Waals surface area contributed by atoms with Crippen molar-refractivity contribution in [3.05, 3.63) is 92.3 Å². The summed E-state index contributed by atoms with van der Waals surface area (Å²) in [6.45, 7) is 0. The minimum Gasteiger partial charge on any atom is -0.502 e. The molecule has 2 N–H and O–H groups in total. The van der Waals surface area contributed by atoms with Crippen LogP contribution in [-0.4, -0.2) is 31.6 Å². The highest BCUT2D eigenvalue weighted by molar-refractivity contribution is 5.98. The standard InChI is InChI=1S/C18H13N5O6/c24-17-12(9-13(22(26)27)10-16(17)23(28)29)11-19-20-18(25)14-5-1-2-6-15(14)21-7-3-4-8-21/h1-11,24H,(H,20,25). The number of phenols is 1. The molecule has 0 aliphatic carbocycles. The molecule has 3 aromatic rings. The molecule has 0 saturated carbocycles. The van der Waals surface area contributed by atoms with E-state index in [-0.39, 0.29) is 5.56 Å². The molecule has 0 fully saturated rings. The van der Waals surface area contributed by atoms with Crippen molar-refractivity contribution in [3.8, 4) is 11.4 Å². The van der Waals surface area contributed by atoms with Crippen LogP contribution < -0.4 is 5.43 Å². The number of nitrogens with zero attached hydrogens (tertiary/aromatic N) is 4. The first-order chi connectivity index (χ1) is 13.9. The van der Waals surface area contributed by atoms with E-state index in [9.17, 15) is 30.1 Å². The van der Waals surface area contributed by atoms with Crippen LogP contribution in [0.1, 0.15) is 15.9 Å². The molecule has 11 nitrogen and oxygen atoms in total. The maximum atomic E-state index is 12.5. The van der Waals surface area contributed by atoms with E-state index in [2.05, 4.69) is 10.5 Å². The molecule has 0 bridgehead atoms. The number of aromatic hydroxyl groups is 1. The van der Waals surface area contributed by atoms with Gasteiger partial charge in [-0.2, -0.15) is 5.10 Å². The van der Waals surface area contributed by atoms with Crippen LogP contribution in [0.3, 0.4) is 0 Å². The zero-order chi connectivity index (χ0) is 21.0. The normalized spacial score (nSPS) is 10.8. The van der Waals surface area contributed by atoms with Crippen LogP contribution in [-0.2, 0) is 0 Å². The number of nitro benzene ring substituents is 2. The first-order valence-electron chi connectivity index (χ1n) is 8.10. The number of benzene rings is 2. The number of hydrazone groups is 1. The molecule has 2 aromatic carbocycles. The fraction of sp³-hybridized carbons (Fsp3) is 0. The van der Waals surface area contributed by atoms with Crippen molar-refractivity contribution >= 4 is 23.5 Å². The summed E-state index contributed by atoms with van der Waals surface area (Å²) in [6.07, 6.45) is 4.41. The number of non-ortho nitro benzene ring substituents is 1. The number of para-hydroxylation sites is 1. The third-order valence-electron chi connectivity index (χ3n) is 3.91. The second-order valence-electron chi connectivity index (χ2n) is 5.72. The quantitative estimate of drug-likeness (QED) is 0.372. The van der Waals surface area contributed by atoms with Gasteiger partial charge in [-0.05, 0) is 24.3 Å².